The summed E-state index contributed by atoms with van der Waals surface area (Å²) in [7, 11) is 0. The third-order valence-electron chi connectivity index (χ3n) is 8.37. The molecule has 0 radical (unpaired) electrons. The average molecular weight is 523 g/mol. The molecule has 0 nitrogen and oxygen atoms in total. The maximum absolute atomic E-state index is 4.10. The Hall–Kier alpha value is -5.20. The van der Waals surface area contributed by atoms with E-state index in [1.807, 2.05) is 12.2 Å². The van der Waals surface area contributed by atoms with Gasteiger partial charge < -0.3 is 0 Å². The minimum atomic E-state index is 1.13. The predicted molar refractivity (Wildman–Crippen MR) is 180 cm³/mol. The molecule has 0 spiro atoms. The van der Waals surface area contributed by atoms with E-state index in [2.05, 4.69) is 147 Å². The first kappa shape index (κ1) is 24.8. The highest BCUT2D eigenvalue weighted by Gasteiger charge is 2.17. The van der Waals surface area contributed by atoms with Crippen molar-refractivity contribution in [1.29, 1.82) is 0 Å². The number of aryl methyl sites for hydroxylation is 1. The normalized spacial score (nSPS) is 11.2. The van der Waals surface area contributed by atoms with E-state index < -0.39 is 0 Å². The highest BCUT2D eigenvalue weighted by molar-refractivity contribution is 6.21. The van der Waals surface area contributed by atoms with E-state index >= 15 is 0 Å². The van der Waals surface area contributed by atoms with E-state index in [1.165, 1.54) is 71.3 Å². The summed E-state index contributed by atoms with van der Waals surface area (Å²) in [5.41, 5.74) is 10.8. The Morgan fingerprint density at radius 1 is 0.439 bits per heavy atom. The SMILES string of the molecule is C=Cc1c(C)ccc(-c2ccc(-c3c4ccccc4c(-c4ccc5ccccc5c4)c4ccccc34)cc2)c1C=C. The van der Waals surface area contributed by atoms with E-state index in [-0.39, 0.29) is 0 Å². The van der Waals surface area contributed by atoms with Gasteiger partial charge in [-0.2, -0.15) is 0 Å². The second kappa shape index (κ2) is 10.1. The monoisotopic (exact) mass is 522 g/mol. The maximum atomic E-state index is 4.10. The standard InChI is InChI=1S/C41H30/c1-4-33-27(3)18-25-35(34(33)5-2)29-20-22-30(23-21-29)40-36-14-8-10-16-38(36)41(39-17-11-9-15-37(39)40)32-24-19-28-12-6-7-13-31(28)26-32/h4-26H,1-2H2,3H3. The van der Waals surface area contributed by atoms with Gasteiger partial charge in [0.1, 0.15) is 0 Å². The van der Waals surface area contributed by atoms with Crippen molar-refractivity contribution in [2.75, 3.05) is 0 Å². The summed E-state index contributed by atoms with van der Waals surface area (Å²) in [6.07, 6.45) is 3.87. The summed E-state index contributed by atoms with van der Waals surface area (Å²) in [5, 5.41) is 7.58. The average Bonchev–Trinajstić information content (AvgIpc) is 3.03. The van der Waals surface area contributed by atoms with Crippen LogP contribution in [0.25, 0.3) is 77.9 Å². The van der Waals surface area contributed by atoms with Gasteiger partial charge in [-0.3, -0.25) is 0 Å². The van der Waals surface area contributed by atoms with Crippen molar-refractivity contribution in [2.45, 2.75) is 6.92 Å². The van der Waals surface area contributed by atoms with Crippen molar-refractivity contribution in [3.8, 4) is 33.4 Å². The number of rotatable bonds is 5. The van der Waals surface area contributed by atoms with Crippen LogP contribution < -0.4 is 0 Å². The molecule has 0 aliphatic heterocycles. The molecule has 0 aliphatic carbocycles. The molecule has 41 heavy (non-hydrogen) atoms. The highest BCUT2D eigenvalue weighted by Crippen LogP contribution is 2.44. The summed E-state index contributed by atoms with van der Waals surface area (Å²) < 4.78 is 0. The smallest absolute Gasteiger partial charge is 0.00262 e. The fourth-order valence-corrected chi connectivity index (χ4v) is 6.40. The van der Waals surface area contributed by atoms with Crippen LogP contribution in [0.2, 0.25) is 0 Å². The Morgan fingerprint density at radius 2 is 0.927 bits per heavy atom. The molecule has 0 bridgehead atoms. The molecule has 0 saturated carbocycles. The van der Waals surface area contributed by atoms with Crippen LogP contribution in [-0.2, 0) is 0 Å². The third kappa shape index (κ3) is 4.08. The molecule has 0 aliphatic rings. The Labute approximate surface area is 241 Å². The second-order valence-electron chi connectivity index (χ2n) is 10.6. The van der Waals surface area contributed by atoms with Crippen LogP contribution in [0.1, 0.15) is 16.7 Å². The van der Waals surface area contributed by atoms with Crippen molar-refractivity contribution in [3.05, 3.63) is 157 Å². The van der Waals surface area contributed by atoms with Gasteiger partial charge in [0.15, 0.2) is 0 Å². The fraction of sp³-hybridized carbons (Fsp3) is 0.0244. The first-order valence-electron chi connectivity index (χ1n) is 14.1. The van der Waals surface area contributed by atoms with E-state index in [9.17, 15) is 0 Å². The maximum Gasteiger partial charge on any atom is -0.00262 e. The molecule has 0 heterocycles. The van der Waals surface area contributed by atoms with Crippen molar-refractivity contribution in [1.82, 2.24) is 0 Å². The lowest BCUT2D eigenvalue weighted by Crippen LogP contribution is -1.92. The Bertz CT molecular complexity index is 2070. The minimum Gasteiger partial charge on any atom is -0.0984 e. The van der Waals surface area contributed by atoms with Gasteiger partial charge in [-0.1, -0.05) is 147 Å². The van der Waals surface area contributed by atoms with Gasteiger partial charge in [-0.25, -0.2) is 0 Å². The van der Waals surface area contributed by atoms with Gasteiger partial charge in [0.05, 0.1) is 0 Å². The lowest BCUT2D eigenvalue weighted by molar-refractivity contribution is 1.42. The van der Waals surface area contributed by atoms with Crippen LogP contribution in [0.4, 0.5) is 0 Å². The van der Waals surface area contributed by atoms with Crippen LogP contribution in [-0.4, -0.2) is 0 Å². The second-order valence-corrected chi connectivity index (χ2v) is 10.6. The zero-order valence-electron chi connectivity index (χ0n) is 23.2. The van der Waals surface area contributed by atoms with Gasteiger partial charge >= 0.3 is 0 Å². The van der Waals surface area contributed by atoms with Gasteiger partial charge in [0, 0.05) is 0 Å². The first-order chi connectivity index (χ1) is 20.2. The van der Waals surface area contributed by atoms with E-state index in [0.717, 1.165) is 11.1 Å². The molecule has 0 aromatic heterocycles. The summed E-state index contributed by atoms with van der Waals surface area (Å²) in [4.78, 5) is 0. The summed E-state index contributed by atoms with van der Waals surface area (Å²) >= 11 is 0. The molecule has 0 heteroatoms. The lowest BCUT2D eigenvalue weighted by Gasteiger charge is -2.18. The molecule has 0 saturated heterocycles. The Balaban J connectivity index is 1.46. The van der Waals surface area contributed by atoms with E-state index in [4.69, 9.17) is 0 Å². The molecule has 7 aromatic carbocycles. The predicted octanol–water partition coefficient (Wildman–Crippen LogP) is 11.7. The highest BCUT2D eigenvalue weighted by atomic mass is 14.2. The molecule has 0 fully saturated rings. The molecule has 0 atom stereocenters. The molecular formula is C41H30. The number of hydrogen-bond acceptors (Lipinski definition) is 0. The van der Waals surface area contributed by atoms with Crippen LogP contribution >= 0.6 is 0 Å². The van der Waals surface area contributed by atoms with Gasteiger partial charge in [-0.05, 0) is 95.4 Å². The quantitative estimate of drug-likeness (QED) is 0.197. The van der Waals surface area contributed by atoms with E-state index in [1.54, 1.807) is 0 Å². The Morgan fingerprint density at radius 3 is 1.51 bits per heavy atom. The fourth-order valence-electron chi connectivity index (χ4n) is 6.40. The molecule has 194 valence electrons. The van der Waals surface area contributed by atoms with Crippen molar-refractivity contribution < 1.29 is 0 Å². The van der Waals surface area contributed by atoms with Crippen LogP contribution in [0.5, 0.6) is 0 Å². The largest absolute Gasteiger partial charge is 0.0984 e. The zero-order chi connectivity index (χ0) is 27.9. The van der Waals surface area contributed by atoms with Gasteiger partial charge in [0.2, 0.25) is 0 Å². The van der Waals surface area contributed by atoms with Gasteiger partial charge in [-0.15, -0.1) is 0 Å². The molecule has 0 unspecified atom stereocenters. The molecule has 7 aromatic rings. The lowest BCUT2D eigenvalue weighted by atomic mass is 9.85. The summed E-state index contributed by atoms with van der Waals surface area (Å²) in [5.74, 6) is 0. The molecular weight excluding hydrogens is 492 g/mol. The number of fused-ring (bicyclic) bond motifs is 3. The molecule has 0 N–H and O–H groups in total. The van der Waals surface area contributed by atoms with Gasteiger partial charge in [0.25, 0.3) is 0 Å². The third-order valence-corrected chi connectivity index (χ3v) is 8.37. The minimum absolute atomic E-state index is 1.13. The molecule has 7 rings (SSSR count). The summed E-state index contributed by atoms with van der Waals surface area (Å²) in [6.45, 7) is 10.3. The van der Waals surface area contributed by atoms with E-state index in [0.29, 0.717) is 0 Å². The molecule has 0 amide bonds. The first-order valence-corrected chi connectivity index (χ1v) is 14.1. The van der Waals surface area contributed by atoms with Crippen molar-refractivity contribution in [3.63, 3.8) is 0 Å². The summed E-state index contributed by atoms with van der Waals surface area (Å²) in [6, 6.07) is 46.4. The van der Waals surface area contributed by atoms with Crippen molar-refractivity contribution >= 4 is 44.5 Å². The number of hydrogen-bond donors (Lipinski definition) is 0. The number of benzene rings is 7. The topological polar surface area (TPSA) is 0 Å². The van der Waals surface area contributed by atoms with Crippen molar-refractivity contribution in [2.24, 2.45) is 0 Å². The zero-order valence-corrected chi connectivity index (χ0v) is 23.2. The van der Waals surface area contributed by atoms with Crippen LogP contribution in [0.3, 0.4) is 0 Å². The van der Waals surface area contributed by atoms with Crippen LogP contribution in [0.15, 0.2) is 141 Å². The van der Waals surface area contributed by atoms with Crippen LogP contribution in [0, 0.1) is 6.92 Å². The Kier molecular flexibility index (Phi) is 6.10.